The molecule has 3 heteroatoms. The van der Waals surface area contributed by atoms with Gasteiger partial charge in [0.2, 0.25) is 0 Å². The van der Waals surface area contributed by atoms with Crippen molar-refractivity contribution in [2.75, 3.05) is 0 Å². The Morgan fingerprint density at radius 2 is 0.851 bits per heavy atom. The number of fused-ring (bicyclic) bond motifs is 3. The summed E-state index contributed by atoms with van der Waals surface area (Å²) >= 11 is -3.67. The Morgan fingerprint density at radius 3 is 1.28 bits per heavy atom. The fourth-order valence-corrected chi connectivity index (χ4v) is 19.8. The van der Waals surface area contributed by atoms with Gasteiger partial charge in [0.1, 0.15) is 0 Å². The van der Waals surface area contributed by atoms with Crippen LogP contribution in [0.1, 0.15) is 32.3 Å². The molecule has 0 unspecified atom stereocenters. The van der Waals surface area contributed by atoms with Crippen LogP contribution >= 0.6 is 0 Å². The summed E-state index contributed by atoms with van der Waals surface area (Å²) in [5.41, 5.74) is 13.4. The van der Waals surface area contributed by atoms with E-state index in [0.717, 1.165) is 6.42 Å². The minimum Gasteiger partial charge on any atom is -1.00 e. The molecular formula is C44H34Cl2Zr. The number of rotatable bonds is 6. The Bertz CT molecular complexity index is 2040. The van der Waals surface area contributed by atoms with E-state index in [4.69, 9.17) is 0 Å². The van der Waals surface area contributed by atoms with E-state index in [2.05, 4.69) is 183 Å². The van der Waals surface area contributed by atoms with Crippen molar-refractivity contribution in [1.82, 2.24) is 0 Å². The summed E-state index contributed by atoms with van der Waals surface area (Å²) in [7, 11) is 0. The van der Waals surface area contributed by atoms with Crippen LogP contribution in [0.15, 0.2) is 179 Å². The van der Waals surface area contributed by atoms with Gasteiger partial charge in [-0.25, -0.2) is 0 Å². The van der Waals surface area contributed by atoms with Gasteiger partial charge in [0, 0.05) is 0 Å². The molecule has 2 aliphatic carbocycles. The summed E-state index contributed by atoms with van der Waals surface area (Å²) in [4.78, 5) is 0. The molecule has 0 amide bonds. The van der Waals surface area contributed by atoms with Gasteiger partial charge in [-0.15, -0.1) is 0 Å². The van der Waals surface area contributed by atoms with Crippen molar-refractivity contribution >= 4 is 7.42 Å². The summed E-state index contributed by atoms with van der Waals surface area (Å²) in [5.74, 6) is 0. The zero-order chi connectivity index (χ0) is 30.1. The number of hydrogen-bond donors (Lipinski definition) is 0. The fourth-order valence-electron chi connectivity index (χ4n) is 7.37. The number of benzene rings is 6. The first-order valence-corrected chi connectivity index (χ1v) is 21.3. The molecule has 0 aromatic heterocycles. The molecule has 0 N–H and O–H groups in total. The second-order valence-electron chi connectivity index (χ2n) is 12.1. The third-order valence-electron chi connectivity index (χ3n) is 9.49. The average Bonchev–Trinajstić information content (AvgIpc) is 3.78. The van der Waals surface area contributed by atoms with Gasteiger partial charge in [-0.2, -0.15) is 0 Å². The Kier molecular flexibility index (Phi) is 10.1. The molecule has 8 rings (SSSR count). The normalized spacial score (nSPS) is 12.4. The SMILES string of the molecule is C1=CC[C]([Zr+2](=[CH]c2ccc(-c3ccccc3)cc2)(=[CH]c2ccc(-c3ccccc3)cc2)[CH]2c3ccccc3-c3ccccc32)=C1.[Cl-].[Cl-]. The topological polar surface area (TPSA) is 0 Å². The van der Waals surface area contributed by atoms with Gasteiger partial charge in [-0.1, -0.05) is 0 Å². The van der Waals surface area contributed by atoms with Crippen molar-refractivity contribution in [1.29, 1.82) is 0 Å². The van der Waals surface area contributed by atoms with Crippen molar-refractivity contribution in [2.45, 2.75) is 10.0 Å². The molecule has 0 aliphatic heterocycles. The second kappa shape index (κ2) is 14.4. The van der Waals surface area contributed by atoms with Crippen LogP contribution in [-0.4, -0.2) is 7.42 Å². The van der Waals surface area contributed by atoms with Gasteiger partial charge in [0.05, 0.1) is 0 Å². The van der Waals surface area contributed by atoms with Gasteiger partial charge in [0.15, 0.2) is 0 Å². The molecule has 228 valence electrons. The van der Waals surface area contributed by atoms with Crippen LogP contribution in [-0.2, 0) is 19.3 Å². The number of halogens is 2. The van der Waals surface area contributed by atoms with E-state index in [0.29, 0.717) is 3.63 Å². The zero-order valence-corrected chi connectivity index (χ0v) is 29.9. The van der Waals surface area contributed by atoms with E-state index in [1.54, 1.807) is 3.28 Å². The van der Waals surface area contributed by atoms with Crippen molar-refractivity contribution in [3.05, 3.63) is 201 Å². The Morgan fingerprint density at radius 1 is 0.447 bits per heavy atom. The van der Waals surface area contributed by atoms with Gasteiger partial charge in [-0.3, -0.25) is 0 Å². The maximum absolute atomic E-state index is 3.67. The summed E-state index contributed by atoms with van der Waals surface area (Å²) in [6.07, 6.45) is 8.11. The Balaban J connectivity index is 0.00000193. The van der Waals surface area contributed by atoms with Crippen LogP contribution in [0, 0.1) is 0 Å². The van der Waals surface area contributed by atoms with Crippen LogP contribution in [0.5, 0.6) is 0 Å². The zero-order valence-electron chi connectivity index (χ0n) is 25.9. The molecule has 0 fully saturated rings. The minimum atomic E-state index is -3.67. The van der Waals surface area contributed by atoms with Crippen LogP contribution in [0.4, 0.5) is 0 Å². The molecule has 6 aromatic rings. The van der Waals surface area contributed by atoms with Crippen LogP contribution in [0.25, 0.3) is 33.4 Å². The van der Waals surface area contributed by atoms with Gasteiger partial charge in [-0.05, 0) is 0 Å². The molecule has 0 heterocycles. The second-order valence-corrected chi connectivity index (χ2v) is 21.1. The van der Waals surface area contributed by atoms with E-state index >= 15 is 0 Å². The molecule has 0 saturated carbocycles. The van der Waals surface area contributed by atoms with E-state index in [1.165, 1.54) is 55.6 Å². The van der Waals surface area contributed by atoms with Crippen LogP contribution < -0.4 is 24.8 Å². The molecule has 0 radical (unpaired) electrons. The molecule has 0 bridgehead atoms. The largest absolute Gasteiger partial charge is 1.00 e. The van der Waals surface area contributed by atoms with Gasteiger partial charge in [0.25, 0.3) is 0 Å². The van der Waals surface area contributed by atoms with Gasteiger partial charge < -0.3 is 24.8 Å². The summed E-state index contributed by atoms with van der Waals surface area (Å²) in [6.45, 7) is 0. The van der Waals surface area contributed by atoms with E-state index < -0.39 is 19.3 Å². The van der Waals surface area contributed by atoms with E-state index in [-0.39, 0.29) is 24.8 Å². The average molecular weight is 725 g/mol. The molecule has 6 aromatic carbocycles. The number of allylic oxidation sites excluding steroid dienone is 4. The van der Waals surface area contributed by atoms with Crippen molar-refractivity contribution in [3.63, 3.8) is 0 Å². The number of hydrogen-bond acceptors (Lipinski definition) is 0. The van der Waals surface area contributed by atoms with Crippen LogP contribution in [0.3, 0.4) is 0 Å². The van der Waals surface area contributed by atoms with E-state index in [1.807, 2.05) is 0 Å². The predicted octanol–water partition coefficient (Wildman–Crippen LogP) is 4.80. The Hall–Kier alpha value is -4.00. The Labute approximate surface area is 294 Å². The van der Waals surface area contributed by atoms with Gasteiger partial charge >= 0.3 is 272 Å². The fraction of sp³-hybridized carbons (Fsp3) is 0.0455. The molecule has 0 saturated heterocycles. The van der Waals surface area contributed by atoms with Crippen LogP contribution in [0.2, 0.25) is 0 Å². The summed E-state index contributed by atoms with van der Waals surface area (Å²) < 4.78 is 7.47. The summed E-state index contributed by atoms with van der Waals surface area (Å²) in [6, 6.07) is 58.3. The molecule has 0 atom stereocenters. The molecule has 0 spiro atoms. The third kappa shape index (κ3) is 6.34. The van der Waals surface area contributed by atoms with Crippen molar-refractivity contribution < 1.29 is 44.1 Å². The molecule has 0 nitrogen and oxygen atoms in total. The molecular weight excluding hydrogens is 691 g/mol. The standard InChI is InChI=1S/C13H9.2C13H10.C5H5.2ClH.Zr/c1-3-7-12-10(5-1)9-11-6-2-4-8-13(11)12;2*1-11-7-9-13(10-8-11)12-5-3-2-4-6-12;1-2-4-5-3-1;;;/h1-9H;2*1-10H;1-3H,4H2;2*1H;/q;;;;;;+2/p-2. The van der Waals surface area contributed by atoms with E-state index in [9.17, 15) is 0 Å². The maximum atomic E-state index is 2.75. The minimum absolute atomic E-state index is 0. The summed E-state index contributed by atoms with van der Waals surface area (Å²) in [5, 5.41) is 0. The molecule has 2 aliphatic rings. The first kappa shape index (κ1) is 32.9. The molecule has 47 heavy (non-hydrogen) atoms. The first-order valence-electron chi connectivity index (χ1n) is 15.9. The first-order chi connectivity index (χ1) is 22.3. The monoisotopic (exact) mass is 722 g/mol. The third-order valence-corrected chi connectivity index (χ3v) is 21.0. The predicted molar refractivity (Wildman–Crippen MR) is 190 cm³/mol. The van der Waals surface area contributed by atoms with Crippen molar-refractivity contribution in [2.24, 2.45) is 0 Å². The maximum Gasteiger partial charge on any atom is -1.00 e. The smallest absolute Gasteiger partial charge is 1.00 e. The quantitative estimate of drug-likeness (QED) is 0.232. The van der Waals surface area contributed by atoms with Crippen molar-refractivity contribution in [3.8, 4) is 33.4 Å².